The molecule has 0 aliphatic heterocycles. The number of halogens is 2. The van der Waals surface area contributed by atoms with Gasteiger partial charge >= 0.3 is 0 Å². The van der Waals surface area contributed by atoms with Crippen LogP contribution in [0.1, 0.15) is 17.0 Å². The van der Waals surface area contributed by atoms with Gasteiger partial charge in [0.15, 0.2) is 0 Å². The number of hydrogen-bond donors (Lipinski definition) is 1. The molecule has 0 fully saturated rings. The predicted molar refractivity (Wildman–Crippen MR) is 68.0 cm³/mol. The lowest BCUT2D eigenvalue weighted by atomic mass is 10.2. The highest BCUT2D eigenvalue weighted by Crippen LogP contribution is 2.22. The van der Waals surface area contributed by atoms with Gasteiger partial charge in [-0.25, -0.2) is 4.98 Å². The first-order valence-electron chi connectivity index (χ1n) is 4.91. The second-order valence-electron chi connectivity index (χ2n) is 3.49. The predicted octanol–water partition coefficient (Wildman–Crippen LogP) is 3.11. The van der Waals surface area contributed by atoms with Gasteiger partial charge in [-0.2, -0.15) is 4.98 Å². The van der Waals surface area contributed by atoms with Crippen LogP contribution in [0.4, 0.5) is 5.82 Å². The summed E-state index contributed by atoms with van der Waals surface area (Å²) in [5.74, 6) is 1.44. The van der Waals surface area contributed by atoms with Crippen LogP contribution in [0.5, 0.6) is 0 Å². The van der Waals surface area contributed by atoms with E-state index in [2.05, 4.69) is 36.4 Å². The SMILES string of the molecule is Cc1noc(C)c1CNc1nc(Cl)ncc1Br. The Kier molecular flexibility index (Phi) is 3.63. The number of aryl methyl sites for hydroxylation is 2. The molecule has 2 rings (SSSR count). The molecule has 0 spiro atoms. The van der Waals surface area contributed by atoms with Crippen molar-refractivity contribution >= 4 is 33.3 Å². The van der Waals surface area contributed by atoms with Crippen molar-refractivity contribution in [3.63, 3.8) is 0 Å². The van der Waals surface area contributed by atoms with Crippen LogP contribution in [0, 0.1) is 13.8 Å². The van der Waals surface area contributed by atoms with Crippen LogP contribution >= 0.6 is 27.5 Å². The molecule has 2 heterocycles. The molecule has 5 nitrogen and oxygen atoms in total. The molecule has 2 aromatic heterocycles. The Morgan fingerprint density at radius 3 is 2.88 bits per heavy atom. The number of rotatable bonds is 3. The van der Waals surface area contributed by atoms with E-state index in [0.29, 0.717) is 12.4 Å². The molecule has 0 amide bonds. The van der Waals surface area contributed by atoms with Gasteiger partial charge < -0.3 is 9.84 Å². The number of aromatic nitrogens is 3. The maximum absolute atomic E-state index is 5.73. The normalized spacial score (nSPS) is 10.6. The monoisotopic (exact) mass is 316 g/mol. The number of anilines is 1. The van der Waals surface area contributed by atoms with Crippen molar-refractivity contribution in [3.8, 4) is 0 Å². The van der Waals surface area contributed by atoms with E-state index in [1.165, 1.54) is 0 Å². The van der Waals surface area contributed by atoms with E-state index in [9.17, 15) is 0 Å². The standard InChI is InChI=1S/C10H10BrClN4O/c1-5-7(6(2)17-16-5)3-13-9-8(11)4-14-10(12)15-9/h4H,3H2,1-2H3,(H,13,14,15). The highest BCUT2D eigenvalue weighted by molar-refractivity contribution is 9.10. The second kappa shape index (κ2) is 5.01. The number of nitrogens with one attached hydrogen (secondary N) is 1. The van der Waals surface area contributed by atoms with E-state index >= 15 is 0 Å². The zero-order chi connectivity index (χ0) is 12.4. The van der Waals surface area contributed by atoms with Crippen LogP contribution in [0.15, 0.2) is 15.2 Å². The van der Waals surface area contributed by atoms with Gasteiger partial charge in [-0.15, -0.1) is 0 Å². The zero-order valence-corrected chi connectivity index (χ0v) is 11.6. The van der Waals surface area contributed by atoms with Crippen molar-refractivity contribution in [1.82, 2.24) is 15.1 Å². The van der Waals surface area contributed by atoms with Gasteiger partial charge in [-0.05, 0) is 41.4 Å². The Balaban J connectivity index is 2.15. The first kappa shape index (κ1) is 12.3. The molecule has 1 N–H and O–H groups in total. The first-order valence-corrected chi connectivity index (χ1v) is 6.08. The summed E-state index contributed by atoms with van der Waals surface area (Å²) in [5.41, 5.74) is 1.89. The summed E-state index contributed by atoms with van der Waals surface area (Å²) in [5, 5.41) is 7.24. The van der Waals surface area contributed by atoms with Gasteiger partial charge in [-0.1, -0.05) is 5.16 Å². The Labute approximate surface area is 112 Å². The molecule has 0 aliphatic rings. The van der Waals surface area contributed by atoms with Crippen LogP contribution < -0.4 is 5.32 Å². The van der Waals surface area contributed by atoms with Crippen molar-refractivity contribution < 1.29 is 4.52 Å². The molecule has 90 valence electrons. The quantitative estimate of drug-likeness (QED) is 0.881. The zero-order valence-electron chi connectivity index (χ0n) is 9.29. The Bertz CT molecular complexity index is 524. The van der Waals surface area contributed by atoms with Gasteiger partial charge in [0, 0.05) is 18.3 Å². The summed E-state index contributed by atoms with van der Waals surface area (Å²) in [6, 6.07) is 0. The maximum atomic E-state index is 5.73. The van der Waals surface area contributed by atoms with Crippen molar-refractivity contribution in [2.75, 3.05) is 5.32 Å². The van der Waals surface area contributed by atoms with Crippen LogP contribution in [-0.2, 0) is 6.54 Å². The molecular formula is C10H10BrClN4O. The van der Waals surface area contributed by atoms with Crippen LogP contribution in [0.3, 0.4) is 0 Å². The average molecular weight is 318 g/mol. The Hall–Kier alpha value is -1.14. The van der Waals surface area contributed by atoms with Crippen LogP contribution in [0.25, 0.3) is 0 Å². The van der Waals surface area contributed by atoms with Gasteiger partial charge in [0.2, 0.25) is 5.28 Å². The molecule has 0 aliphatic carbocycles. The maximum Gasteiger partial charge on any atom is 0.224 e. The molecule has 0 unspecified atom stereocenters. The Morgan fingerprint density at radius 1 is 1.47 bits per heavy atom. The third-order valence-electron chi connectivity index (χ3n) is 2.33. The lowest BCUT2D eigenvalue weighted by Crippen LogP contribution is -2.04. The fourth-order valence-corrected chi connectivity index (χ4v) is 1.86. The minimum atomic E-state index is 0.203. The second-order valence-corrected chi connectivity index (χ2v) is 4.68. The summed E-state index contributed by atoms with van der Waals surface area (Å²) in [6.45, 7) is 4.35. The van der Waals surface area contributed by atoms with E-state index < -0.39 is 0 Å². The van der Waals surface area contributed by atoms with Gasteiger partial charge in [0.05, 0.1) is 10.2 Å². The summed E-state index contributed by atoms with van der Waals surface area (Å²) in [7, 11) is 0. The number of nitrogens with zero attached hydrogens (tertiary/aromatic N) is 3. The third-order valence-corrected chi connectivity index (χ3v) is 3.09. The molecule has 0 radical (unpaired) electrons. The molecular weight excluding hydrogens is 307 g/mol. The molecule has 2 aromatic rings. The minimum Gasteiger partial charge on any atom is -0.365 e. The molecule has 0 aromatic carbocycles. The summed E-state index contributed by atoms with van der Waals surface area (Å²) >= 11 is 9.07. The molecule has 0 bridgehead atoms. The highest BCUT2D eigenvalue weighted by atomic mass is 79.9. The average Bonchev–Trinajstić information content (AvgIpc) is 2.61. The molecule has 7 heteroatoms. The molecule has 0 saturated heterocycles. The van der Waals surface area contributed by atoms with Crippen LogP contribution in [0.2, 0.25) is 5.28 Å². The van der Waals surface area contributed by atoms with E-state index in [1.54, 1.807) is 6.20 Å². The van der Waals surface area contributed by atoms with Crippen molar-refractivity contribution in [2.45, 2.75) is 20.4 Å². The van der Waals surface area contributed by atoms with Crippen LogP contribution in [-0.4, -0.2) is 15.1 Å². The van der Waals surface area contributed by atoms with Crippen molar-refractivity contribution in [3.05, 3.63) is 33.0 Å². The van der Waals surface area contributed by atoms with Gasteiger partial charge in [0.1, 0.15) is 11.6 Å². The lowest BCUT2D eigenvalue weighted by molar-refractivity contribution is 0.392. The fraction of sp³-hybridized carbons (Fsp3) is 0.300. The van der Waals surface area contributed by atoms with E-state index in [1.807, 2.05) is 13.8 Å². The van der Waals surface area contributed by atoms with E-state index in [0.717, 1.165) is 21.5 Å². The fourth-order valence-electron chi connectivity index (χ4n) is 1.40. The molecule has 17 heavy (non-hydrogen) atoms. The topological polar surface area (TPSA) is 63.8 Å². The molecule has 0 atom stereocenters. The van der Waals surface area contributed by atoms with Crippen molar-refractivity contribution in [2.24, 2.45) is 0 Å². The highest BCUT2D eigenvalue weighted by Gasteiger charge is 2.10. The van der Waals surface area contributed by atoms with E-state index in [4.69, 9.17) is 16.1 Å². The summed E-state index contributed by atoms with van der Waals surface area (Å²) < 4.78 is 5.84. The van der Waals surface area contributed by atoms with E-state index in [-0.39, 0.29) is 5.28 Å². The lowest BCUT2D eigenvalue weighted by Gasteiger charge is -2.06. The largest absolute Gasteiger partial charge is 0.365 e. The summed E-state index contributed by atoms with van der Waals surface area (Å²) in [4.78, 5) is 7.93. The van der Waals surface area contributed by atoms with Gasteiger partial charge in [-0.3, -0.25) is 0 Å². The molecule has 0 saturated carbocycles. The van der Waals surface area contributed by atoms with Gasteiger partial charge in [0.25, 0.3) is 0 Å². The van der Waals surface area contributed by atoms with Crippen molar-refractivity contribution in [1.29, 1.82) is 0 Å². The Morgan fingerprint density at radius 2 is 2.24 bits per heavy atom. The summed E-state index contributed by atoms with van der Waals surface area (Å²) in [6.07, 6.45) is 1.60. The minimum absolute atomic E-state index is 0.203. The smallest absolute Gasteiger partial charge is 0.224 e. The number of hydrogen-bond acceptors (Lipinski definition) is 5. The first-order chi connectivity index (χ1) is 8.08. The third kappa shape index (κ3) is 2.76.